The Labute approximate surface area is 69.2 Å². The molecule has 0 aromatic carbocycles. The fourth-order valence-electron chi connectivity index (χ4n) is 1.22. The lowest BCUT2D eigenvalue weighted by Gasteiger charge is -2.14. The largest absolute Gasteiger partial charge is 0.396 e. The molecule has 0 bridgehead atoms. The molecular weight excluding hydrogens is 140 g/mol. The lowest BCUT2D eigenvalue weighted by molar-refractivity contribution is 0.197. The molecule has 0 unspecified atom stereocenters. The molecule has 0 aromatic rings. The zero-order chi connectivity index (χ0) is 8.69. The van der Waals surface area contributed by atoms with Gasteiger partial charge >= 0.3 is 0 Å². The van der Waals surface area contributed by atoms with E-state index in [9.17, 15) is 0 Å². The fraction of sp³-hybridized carbons (Fsp3) is 0.889. The Morgan fingerprint density at radius 3 is 2.27 bits per heavy atom. The monoisotopic (exact) mass is 159 g/mol. The molecular formula is C9H19O2. The highest BCUT2D eigenvalue weighted by Gasteiger charge is 2.08. The predicted octanol–water partition coefficient (Wildman–Crippen LogP) is 1.37. The number of aliphatic hydroxyl groups is 2. The van der Waals surface area contributed by atoms with Crippen LogP contribution in [0, 0.1) is 11.8 Å². The van der Waals surface area contributed by atoms with Crippen LogP contribution in [0.1, 0.15) is 33.1 Å². The van der Waals surface area contributed by atoms with Crippen LogP contribution in [0.25, 0.3) is 0 Å². The molecule has 0 amide bonds. The summed E-state index contributed by atoms with van der Waals surface area (Å²) >= 11 is 0. The summed E-state index contributed by atoms with van der Waals surface area (Å²) in [5.74, 6) is 1.70. The van der Waals surface area contributed by atoms with Crippen LogP contribution < -0.4 is 0 Å². The SMILES string of the molecule is C[C](C)C[C@@H](CO)CCCO. The Hall–Kier alpha value is -0.0800. The maximum atomic E-state index is 8.91. The highest BCUT2D eigenvalue weighted by atomic mass is 16.3. The standard InChI is InChI=1S/C9H19O2/c1-8(2)6-9(7-11)4-3-5-10/h9-11H,3-7H2,1-2H3/t9-/m0/s1. The second-order valence-electron chi connectivity index (χ2n) is 3.33. The van der Waals surface area contributed by atoms with E-state index in [4.69, 9.17) is 10.2 Å². The van der Waals surface area contributed by atoms with Gasteiger partial charge in [0.1, 0.15) is 0 Å². The fourth-order valence-corrected chi connectivity index (χ4v) is 1.22. The van der Waals surface area contributed by atoms with Crippen LogP contribution >= 0.6 is 0 Å². The quantitative estimate of drug-likeness (QED) is 0.614. The third-order valence-corrected chi connectivity index (χ3v) is 1.73. The Kier molecular flexibility index (Phi) is 6.57. The maximum Gasteiger partial charge on any atom is 0.0459 e. The van der Waals surface area contributed by atoms with Crippen molar-refractivity contribution in [3.63, 3.8) is 0 Å². The van der Waals surface area contributed by atoms with Crippen molar-refractivity contribution in [1.29, 1.82) is 0 Å². The number of aliphatic hydroxyl groups excluding tert-OH is 2. The van der Waals surface area contributed by atoms with Crippen LogP contribution in [0.2, 0.25) is 0 Å². The summed E-state index contributed by atoms with van der Waals surface area (Å²) < 4.78 is 0. The first-order valence-corrected chi connectivity index (χ1v) is 4.21. The van der Waals surface area contributed by atoms with Crippen molar-refractivity contribution >= 4 is 0 Å². The smallest absolute Gasteiger partial charge is 0.0459 e. The lowest BCUT2D eigenvalue weighted by Crippen LogP contribution is -2.09. The van der Waals surface area contributed by atoms with Crippen molar-refractivity contribution in [2.24, 2.45) is 5.92 Å². The Morgan fingerprint density at radius 2 is 1.91 bits per heavy atom. The summed E-state index contributed by atoms with van der Waals surface area (Å²) in [7, 11) is 0. The third kappa shape index (κ3) is 6.32. The van der Waals surface area contributed by atoms with Crippen LogP contribution in [0.4, 0.5) is 0 Å². The molecule has 0 heterocycles. The van der Waals surface area contributed by atoms with Gasteiger partial charge in [-0.1, -0.05) is 13.8 Å². The molecule has 11 heavy (non-hydrogen) atoms. The highest BCUT2D eigenvalue weighted by Crippen LogP contribution is 2.17. The van der Waals surface area contributed by atoms with Crippen molar-refractivity contribution in [2.45, 2.75) is 33.1 Å². The van der Waals surface area contributed by atoms with Crippen LogP contribution in [-0.4, -0.2) is 23.4 Å². The van der Waals surface area contributed by atoms with Gasteiger partial charge in [-0.15, -0.1) is 0 Å². The number of hydrogen-bond donors (Lipinski definition) is 2. The zero-order valence-corrected chi connectivity index (χ0v) is 7.51. The van der Waals surface area contributed by atoms with E-state index in [2.05, 4.69) is 13.8 Å². The molecule has 2 nitrogen and oxygen atoms in total. The molecule has 1 radical (unpaired) electrons. The van der Waals surface area contributed by atoms with Crippen molar-refractivity contribution in [3.8, 4) is 0 Å². The van der Waals surface area contributed by atoms with E-state index < -0.39 is 0 Å². The maximum absolute atomic E-state index is 8.91. The van der Waals surface area contributed by atoms with Crippen molar-refractivity contribution < 1.29 is 10.2 Å². The van der Waals surface area contributed by atoms with Crippen LogP contribution in [0.3, 0.4) is 0 Å². The van der Waals surface area contributed by atoms with Gasteiger partial charge < -0.3 is 10.2 Å². The minimum Gasteiger partial charge on any atom is -0.396 e. The average molecular weight is 159 g/mol. The van der Waals surface area contributed by atoms with Crippen molar-refractivity contribution in [1.82, 2.24) is 0 Å². The molecule has 1 atom stereocenters. The summed E-state index contributed by atoms with van der Waals surface area (Å²) in [4.78, 5) is 0. The summed E-state index contributed by atoms with van der Waals surface area (Å²) in [6, 6.07) is 0. The molecule has 0 aliphatic carbocycles. The van der Waals surface area contributed by atoms with Gasteiger partial charge in [0.2, 0.25) is 0 Å². The molecule has 0 saturated carbocycles. The van der Waals surface area contributed by atoms with Crippen molar-refractivity contribution in [3.05, 3.63) is 5.92 Å². The number of hydrogen-bond acceptors (Lipinski definition) is 2. The lowest BCUT2D eigenvalue weighted by atomic mass is 9.94. The molecule has 0 fully saturated rings. The van der Waals surface area contributed by atoms with E-state index in [0.717, 1.165) is 19.3 Å². The second kappa shape index (κ2) is 6.62. The molecule has 0 rings (SSSR count). The van der Waals surface area contributed by atoms with Gasteiger partial charge in [0.05, 0.1) is 0 Å². The minimum absolute atomic E-state index is 0.235. The van der Waals surface area contributed by atoms with Gasteiger partial charge in [-0.3, -0.25) is 0 Å². The first kappa shape index (κ1) is 10.9. The van der Waals surface area contributed by atoms with Crippen LogP contribution in [-0.2, 0) is 0 Å². The van der Waals surface area contributed by atoms with Gasteiger partial charge in [-0.2, -0.15) is 0 Å². The van der Waals surface area contributed by atoms with Gasteiger partial charge in [0.15, 0.2) is 0 Å². The van der Waals surface area contributed by atoms with Gasteiger partial charge in [0, 0.05) is 13.2 Å². The Balaban J connectivity index is 3.41. The molecule has 0 spiro atoms. The highest BCUT2D eigenvalue weighted by molar-refractivity contribution is 4.80. The van der Waals surface area contributed by atoms with Crippen LogP contribution in [0.5, 0.6) is 0 Å². The molecule has 0 aliphatic heterocycles. The second-order valence-corrected chi connectivity index (χ2v) is 3.33. The first-order chi connectivity index (χ1) is 5.20. The Morgan fingerprint density at radius 1 is 1.27 bits per heavy atom. The van der Waals surface area contributed by atoms with E-state index in [1.807, 2.05) is 0 Å². The molecule has 0 saturated heterocycles. The van der Waals surface area contributed by atoms with Crippen molar-refractivity contribution in [2.75, 3.05) is 13.2 Å². The summed E-state index contributed by atoms with van der Waals surface area (Å²) in [6.45, 7) is 4.62. The predicted molar refractivity (Wildman–Crippen MR) is 46.1 cm³/mol. The molecule has 2 heteroatoms. The van der Waals surface area contributed by atoms with Crippen LogP contribution in [0.15, 0.2) is 0 Å². The molecule has 2 N–H and O–H groups in total. The zero-order valence-electron chi connectivity index (χ0n) is 7.51. The normalized spacial score (nSPS) is 13.9. The van der Waals surface area contributed by atoms with E-state index in [-0.39, 0.29) is 13.2 Å². The topological polar surface area (TPSA) is 40.5 Å². The van der Waals surface area contributed by atoms with Gasteiger partial charge in [-0.05, 0) is 31.1 Å². The molecule has 0 aromatic heterocycles. The van der Waals surface area contributed by atoms with E-state index in [0.29, 0.717) is 5.92 Å². The van der Waals surface area contributed by atoms with Gasteiger partial charge in [-0.25, -0.2) is 0 Å². The minimum atomic E-state index is 0.235. The Bertz CT molecular complexity index is 81.6. The third-order valence-electron chi connectivity index (χ3n) is 1.73. The average Bonchev–Trinajstić information content (AvgIpc) is 1.97. The first-order valence-electron chi connectivity index (χ1n) is 4.21. The summed E-state index contributed by atoms with van der Waals surface area (Å²) in [5.41, 5.74) is 0. The molecule has 67 valence electrons. The van der Waals surface area contributed by atoms with E-state index >= 15 is 0 Å². The summed E-state index contributed by atoms with van der Waals surface area (Å²) in [5, 5.41) is 17.5. The van der Waals surface area contributed by atoms with E-state index in [1.54, 1.807) is 0 Å². The van der Waals surface area contributed by atoms with Gasteiger partial charge in [0.25, 0.3) is 0 Å². The summed E-state index contributed by atoms with van der Waals surface area (Å²) in [6.07, 6.45) is 2.72. The molecule has 0 aliphatic rings. The number of rotatable bonds is 6. The van der Waals surface area contributed by atoms with E-state index in [1.165, 1.54) is 5.92 Å².